The first kappa shape index (κ1) is 11.3. The highest BCUT2D eigenvalue weighted by Gasteiger charge is 2.42. The maximum atomic E-state index is 8.89. The van der Waals surface area contributed by atoms with E-state index in [4.69, 9.17) is 11.0 Å². The molecule has 0 unspecified atom stereocenters. The smallest absolute Gasteiger partial charge is 0.0628 e. The fourth-order valence-electron chi connectivity index (χ4n) is 2.70. The molecule has 0 bridgehead atoms. The Morgan fingerprint density at radius 2 is 2.17 bits per heavy atom. The van der Waals surface area contributed by atoms with Gasteiger partial charge in [0.1, 0.15) is 0 Å². The predicted octanol–water partition coefficient (Wildman–Crippen LogP) is 2.79. The second-order valence-corrected chi connectivity index (χ2v) is 5.33. The van der Waals surface area contributed by atoms with Crippen molar-refractivity contribution in [2.75, 3.05) is 0 Å². The van der Waals surface area contributed by atoms with Crippen LogP contribution in [0.4, 0.5) is 0 Å². The number of hydrogen-bond acceptors (Lipinski definition) is 2. The van der Waals surface area contributed by atoms with Crippen molar-refractivity contribution in [3.63, 3.8) is 0 Å². The van der Waals surface area contributed by atoms with Gasteiger partial charge in [0.2, 0.25) is 0 Å². The van der Waals surface area contributed by atoms with E-state index in [2.05, 4.69) is 41.1 Å². The molecule has 0 spiro atoms. The Labute approximate surface area is 107 Å². The van der Waals surface area contributed by atoms with E-state index in [9.17, 15) is 0 Å². The summed E-state index contributed by atoms with van der Waals surface area (Å²) in [5.74, 6) is 0. The molecule has 1 aromatic carbocycles. The minimum absolute atomic E-state index is 0.236. The third-order valence-electron chi connectivity index (χ3n) is 4.04. The second kappa shape index (κ2) is 4.15. The molecular formula is C15H17N3. The van der Waals surface area contributed by atoms with E-state index in [1.54, 1.807) is 0 Å². The van der Waals surface area contributed by atoms with Gasteiger partial charge in [0.05, 0.1) is 6.07 Å². The normalized spacial score (nSPS) is 16.7. The molecule has 18 heavy (non-hydrogen) atoms. The molecular weight excluding hydrogens is 222 g/mol. The first-order valence-electron chi connectivity index (χ1n) is 6.42. The van der Waals surface area contributed by atoms with E-state index < -0.39 is 0 Å². The highest BCUT2D eigenvalue weighted by atomic mass is 15.0. The molecule has 3 heteroatoms. The highest BCUT2D eigenvalue weighted by Crippen LogP contribution is 2.50. The molecule has 0 aliphatic heterocycles. The minimum atomic E-state index is 0.236. The van der Waals surface area contributed by atoms with E-state index in [1.165, 1.54) is 29.3 Å². The third kappa shape index (κ3) is 1.79. The van der Waals surface area contributed by atoms with E-state index in [1.807, 2.05) is 0 Å². The third-order valence-corrected chi connectivity index (χ3v) is 4.04. The van der Waals surface area contributed by atoms with Crippen LogP contribution in [-0.2, 0) is 13.1 Å². The summed E-state index contributed by atoms with van der Waals surface area (Å²) in [6.07, 6.45) is 5.15. The van der Waals surface area contributed by atoms with Crippen LogP contribution in [0, 0.1) is 16.7 Å². The molecule has 3 nitrogen and oxygen atoms in total. The summed E-state index contributed by atoms with van der Waals surface area (Å²) in [6.45, 7) is 1.53. The lowest BCUT2D eigenvalue weighted by molar-refractivity contribution is 0.440. The molecule has 0 radical (unpaired) electrons. The number of hydrogen-bond donors (Lipinski definition) is 1. The van der Waals surface area contributed by atoms with Gasteiger partial charge in [0.15, 0.2) is 0 Å². The molecule has 92 valence electrons. The van der Waals surface area contributed by atoms with Gasteiger partial charge in [-0.25, -0.2) is 0 Å². The summed E-state index contributed by atoms with van der Waals surface area (Å²) in [5, 5.41) is 10.1. The van der Waals surface area contributed by atoms with Gasteiger partial charge in [0.25, 0.3) is 0 Å². The Kier molecular flexibility index (Phi) is 2.61. The Balaban J connectivity index is 1.97. The van der Waals surface area contributed by atoms with Crippen LogP contribution in [0.1, 0.15) is 24.8 Å². The molecule has 2 N–H and O–H groups in total. The summed E-state index contributed by atoms with van der Waals surface area (Å²) in [4.78, 5) is 0. The van der Waals surface area contributed by atoms with Crippen LogP contribution in [0.2, 0.25) is 0 Å². The van der Waals surface area contributed by atoms with Crippen molar-refractivity contribution < 1.29 is 0 Å². The summed E-state index contributed by atoms with van der Waals surface area (Å²) in [7, 11) is 0. The van der Waals surface area contributed by atoms with Crippen molar-refractivity contribution in [1.29, 1.82) is 5.26 Å². The lowest BCUT2D eigenvalue weighted by atomic mass is 10.0. The molecule has 1 aromatic heterocycles. The Morgan fingerprint density at radius 3 is 2.83 bits per heavy atom. The van der Waals surface area contributed by atoms with Crippen molar-refractivity contribution in [3.8, 4) is 6.07 Å². The molecule has 0 atom stereocenters. The summed E-state index contributed by atoms with van der Waals surface area (Å²) >= 11 is 0. The lowest BCUT2D eigenvalue weighted by Gasteiger charge is -2.13. The number of aromatic nitrogens is 1. The van der Waals surface area contributed by atoms with Crippen LogP contribution < -0.4 is 5.73 Å². The quantitative estimate of drug-likeness (QED) is 0.892. The maximum Gasteiger partial charge on any atom is 0.0628 e. The minimum Gasteiger partial charge on any atom is -0.347 e. The molecule has 0 saturated heterocycles. The van der Waals surface area contributed by atoms with Crippen molar-refractivity contribution in [2.45, 2.75) is 32.4 Å². The van der Waals surface area contributed by atoms with Gasteiger partial charge in [-0.1, -0.05) is 12.1 Å². The van der Waals surface area contributed by atoms with Crippen LogP contribution in [0.25, 0.3) is 10.9 Å². The van der Waals surface area contributed by atoms with Crippen LogP contribution >= 0.6 is 0 Å². The van der Waals surface area contributed by atoms with Crippen LogP contribution in [0.5, 0.6) is 0 Å². The SMILES string of the molecule is N#CCC1(Cn2ccc3c(CN)cccc32)CC1. The van der Waals surface area contributed by atoms with Crippen molar-refractivity contribution in [3.05, 3.63) is 36.0 Å². The second-order valence-electron chi connectivity index (χ2n) is 5.33. The zero-order valence-electron chi connectivity index (χ0n) is 10.4. The van der Waals surface area contributed by atoms with Crippen LogP contribution in [-0.4, -0.2) is 4.57 Å². The summed E-state index contributed by atoms with van der Waals surface area (Å²) in [5.41, 5.74) is 8.42. The molecule has 1 saturated carbocycles. The molecule has 1 aliphatic rings. The number of benzene rings is 1. The van der Waals surface area contributed by atoms with Crippen LogP contribution in [0.15, 0.2) is 30.5 Å². The van der Waals surface area contributed by atoms with Gasteiger partial charge in [0, 0.05) is 42.0 Å². The fraction of sp³-hybridized carbons (Fsp3) is 0.400. The van der Waals surface area contributed by atoms with E-state index in [-0.39, 0.29) is 5.41 Å². The maximum absolute atomic E-state index is 8.89. The number of fused-ring (bicyclic) bond motifs is 1. The standard InChI is InChI=1S/C15H17N3/c16-8-7-15(5-6-15)11-18-9-4-13-12(10-17)2-1-3-14(13)18/h1-4,9H,5-7,10-11,17H2. The van der Waals surface area contributed by atoms with Gasteiger partial charge in [-0.2, -0.15) is 5.26 Å². The van der Waals surface area contributed by atoms with Crippen molar-refractivity contribution in [1.82, 2.24) is 4.57 Å². The lowest BCUT2D eigenvalue weighted by Crippen LogP contribution is -2.10. The summed E-state index contributed by atoms with van der Waals surface area (Å²) in [6, 6.07) is 10.7. The Morgan fingerprint density at radius 1 is 1.33 bits per heavy atom. The predicted molar refractivity (Wildman–Crippen MR) is 71.7 cm³/mol. The Bertz CT molecular complexity index is 614. The number of rotatable bonds is 4. The molecule has 1 heterocycles. The molecule has 2 aromatic rings. The molecule has 1 aliphatic carbocycles. The van der Waals surface area contributed by atoms with Gasteiger partial charge >= 0.3 is 0 Å². The monoisotopic (exact) mass is 239 g/mol. The molecule has 1 fully saturated rings. The van der Waals surface area contributed by atoms with E-state index >= 15 is 0 Å². The molecule has 0 amide bonds. The van der Waals surface area contributed by atoms with Crippen molar-refractivity contribution >= 4 is 10.9 Å². The number of nitrogens with zero attached hydrogens (tertiary/aromatic N) is 2. The highest BCUT2D eigenvalue weighted by molar-refractivity contribution is 5.83. The molecule has 3 rings (SSSR count). The number of nitriles is 1. The number of nitrogens with two attached hydrogens (primary N) is 1. The topological polar surface area (TPSA) is 54.7 Å². The first-order valence-corrected chi connectivity index (χ1v) is 6.42. The van der Waals surface area contributed by atoms with Gasteiger partial charge in [-0.15, -0.1) is 0 Å². The van der Waals surface area contributed by atoms with Gasteiger partial charge < -0.3 is 10.3 Å². The zero-order chi connectivity index (χ0) is 12.6. The average Bonchev–Trinajstić information content (AvgIpc) is 3.02. The Hall–Kier alpha value is -1.79. The largest absolute Gasteiger partial charge is 0.347 e. The first-order chi connectivity index (χ1) is 8.78. The fourth-order valence-corrected chi connectivity index (χ4v) is 2.70. The zero-order valence-corrected chi connectivity index (χ0v) is 10.4. The van der Waals surface area contributed by atoms with Crippen LogP contribution in [0.3, 0.4) is 0 Å². The summed E-state index contributed by atoms with van der Waals surface area (Å²) < 4.78 is 2.28. The van der Waals surface area contributed by atoms with Gasteiger partial charge in [-0.3, -0.25) is 0 Å². The van der Waals surface area contributed by atoms with E-state index in [0.29, 0.717) is 13.0 Å². The van der Waals surface area contributed by atoms with Crippen molar-refractivity contribution in [2.24, 2.45) is 11.1 Å². The van der Waals surface area contributed by atoms with Gasteiger partial charge in [-0.05, 0) is 30.5 Å². The van der Waals surface area contributed by atoms with E-state index in [0.717, 1.165) is 6.54 Å². The average molecular weight is 239 g/mol.